The van der Waals surface area contributed by atoms with Gasteiger partial charge in [-0.2, -0.15) is 5.10 Å². The molecule has 204 valence electrons. The van der Waals surface area contributed by atoms with Crippen LogP contribution < -0.4 is 0 Å². The first-order valence-corrected chi connectivity index (χ1v) is 13.3. The Morgan fingerprint density at radius 3 is 2.26 bits per heavy atom. The van der Waals surface area contributed by atoms with E-state index in [9.17, 15) is 24.0 Å². The number of carbonyl (C=O) groups excluding carboxylic acids is 5. The summed E-state index contributed by atoms with van der Waals surface area (Å²) in [7, 11) is 0. The van der Waals surface area contributed by atoms with E-state index >= 15 is 0 Å². The Morgan fingerprint density at radius 2 is 1.62 bits per heavy atom. The van der Waals surface area contributed by atoms with Crippen LogP contribution in [-0.2, 0) is 30.6 Å². The lowest BCUT2D eigenvalue weighted by Crippen LogP contribution is -2.64. The third kappa shape index (κ3) is 4.49. The number of aromatic nitrogens is 2. The van der Waals surface area contributed by atoms with Crippen LogP contribution in [0.15, 0.2) is 42.7 Å². The molecule has 2 aromatic rings. The van der Waals surface area contributed by atoms with Gasteiger partial charge >= 0.3 is 5.97 Å². The van der Waals surface area contributed by atoms with E-state index in [4.69, 9.17) is 4.84 Å². The number of imide groups is 1. The Morgan fingerprint density at radius 1 is 0.974 bits per heavy atom. The average Bonchev–Trinajstić information content (AvgIpc) is 3.26. The lowest BCUT2D eigenvalue weighted by molar-refractivity contribution is -0.205. The van der Waals surface area contributed by atoms with Gasteiger partial charge in [-0.25, -0.2) is 4.79 Å². The second-order valence-corrected chi connectivity index (χ2v) is 11.9. The summed E-state index contributed by atoms with van der Waals surface area (Å²) in [5.74, 6) is -2.86. The molecule has 11 nitrogen and oxygen atoms in total. The number of benzene rings is 1. The number of amides is 4. The van der Waals surface area contributed by atoms with Crippen molar-refractivity contribution in [2.45, 2.75) is 39.7 Å². The van der Waals surface area contributed by atoms with Crippen molar-refractivity contribution in [3.05, 3.63) is 53.9 Å². The zero-order valence-corrected chi connectivity index (χ0v) is 22.0. The van der Waals surface area contributed by atoms with Crippen LogP contribution in [-0.4, -0.2) is 80.4 Å². The summed E-state index contributed by atoms with van der Waals surface area (Å²) >= 11 is 0. The quantitative estimate of drug-likeness (QED) is 0.516. The smallest absolute Gasteiger partial charge is 0.338 e. The van der Waals surface area contributed by atoms with Gasteiger partial charge in [-0.15, -0.1) is 5.06 Å². The van der Waals surface area contributed by atoms with Crippen LogP contribution in [0.2, 0.25) is 0 Å². The highest BCUT2D eigenvalue weighted by Crippen LogP contribution is 2.54. The lowest BCUT2D eigenvalue weighted by atomic mass is 9.71. The molecule has 1 saturated carbocycles. The molecule has 0 N–H and O–H groups in total. The second-order valence-electron chi connectivity index (χ2n) is 11.9. The number of hydroxylamine groups is 2. The van der Waals surface area contributed by atoms with Crippen LogP contribution in [0.4, 0.5) is 0 Å². The molecular formula is C28H31N5O6. The monoisotopic (exact) mass is 533 g/mol. The molecule has 11 heteroatoms. The molecule has 2 atom stereocenters. The summed E-state index contributed by atoms with van der Waals surface area (Å²) < 4.78 is 1.69. The standard InChI is InChI=1S/C28H31N5O6/c1-27(2)10-20(27)25(37)31-16-28(17-31)15-30(14-21(28)26(38)39-33-22(34)8-9-23(33)35)24(36)19-11-29-32(13-19)12-18-6-4-3-5-7-18/h3-7,11,13,20-21H,8-10,12,14-17H2,1-2H3/t20?,21-/m0/s1. The summed E-state index contributed by atoms with van der Waals surface area (Å²) in [6.07, 6.45) is 4.02. The Labute approximate surface area is 225 Å². The van der Waals surface area contributed by atoms with Crippen LogP contribution in [0.3, 0.4) is 0 Å². The SMILES string of the molecule is CC1(C)CC1C(=O)N1CC2(CN(C(=O)c3cnn(Cc4ccccc4)c3)C[C@H]2C(=O)ON2C(=O)CCC2=O)C1. The van der Waals surface area contributed by atoms with Gasteiger partial charge in [0.15, 0.2) is 0 Å². The minimum atomic E-state index is -0.779. The fourth-order valence-corrected chi connectivity index (χ4v) is 6.07. The van der Waals surface area contributed by atoms with Crippen molar-refractivity contribution in [2.24, 2.45) is 22.7 Å². The van der Waals surface area contributed by atoms with Gasteiger partial charge in [-0.05, 0) is 17.4 Å². The van der Waals surface area contributed by atoms with Gasteiger partial charge < -0.3 is 14.6 Å². The zero-order chi connectivity index (χ0) is 27.5. The Balaban J connectivity index is 1.18. The molecule has 4 heterocycles. The van der Waals surface area contributed by atoms with Crippen molar-refractivity contribution in [2.75, 3.05) is 26.2 Å². The molecule has 3 saturated heterocycles. The maximum atomic E-state index is 13.5. The highest BCUT2D eigenvalue weighted by molar-refractivity contribution is 6.02. The number of hydrogen-bond donors (Lipinski definition) is 0. The number of carbonyl (C=O) groups is 5. The minimum absolute atomic E-state index is 0.00103. The Bertz CT molecular complexity index is 1350. The highest BCUT2D eigenvalue weighted by Gasteiger charge is 2.62. The summed E-state index contributed by atoms with van der Waals surface area (Å²) in [6, 6.07) is 9.77. The fourth-order valence-electron chi connectivity index (χ4n) is 6.07. The Hall–Kier alpha value is -4.02. The van der Waals surface area contributed by atoms with Gasteiger partial charge in [0, 0.05) is 56.6 Å². The first-order valence-electron chi connectivity index (χ1n) is 13.3. The number of hydrogen-bond acceptors (Lipinski definition) is 7. The van der Waals surface area contributed by atoms with E-state index in [1.54, 1.807) is 20.7 Å². The summed E-state index contributed by atoms with van der Waals surface area (Å²) in [5.41, 5.74) is 0.720. The summed E-state index contributed by atoms with van der Waals surface area (Å²) in [6.45, 7) is 5.59. The van der Waals surface area contributed by atoms with Crippen LogP contribution in [0.1, 0.15) is 49.0 Å². The van der Waals surface area contributed by atoms with Gasteiger partial charge in [0.05, 0.1) is 24.2 Å². The fraction of sp³-hybridized carbons (Fsp3) is 0.500. The van der Waals surface area contributed by atoms with Gasteiger partial charge in [-0.3, -0.25) is 23.9 Å². The van der Waals surface area contributed by atoms with E-state index in [0.717, 1.165) is 12.0 Å². The molecule has 0 radical (unpaired) electrons. The largest absolute Gasteiger partial charge is 0.341 e. The molecule has 0 bridgehead atoms. The molecule has 1 aromatic heterocycles. The molecule has 1 aliphatic carbocycles. The molecule has 1 unspecified atom stereocenters. The topological polar surface area (TPSA) is 122 Å². The molecule has 39 heavy (non-hydrogen) atoms. The highest BCUT2D eigenvalue weighted by atomic mass is 16.7. The number of nitrogens with zero attached hydrogens (tertiary/aromatic N) is 5. The van der Waals surface area contributed by atoms with Gasteiger partial charge in [-0.1, -0.05) is 44.2 Å². The molecule has 4 aliphatic rings. The zero-order valence-electron chi connectivity index (χ0n) is 22.0. The average molecular weight is 534 g/mol. The van der Waals surface area contributed by atoms with Crippen LogP contribution in [0.5, 0.6) is 0 Å². The van der Waals surface area contributed by atoms with E-state index < -0.39 is 29.1 Å². The molecule has 1 aromatic carbocycles. The van der Waals surface area contributed by atoms with E-state index in [2.05, 4.69) is 18.9 Å². The van der Waals surface area contributed by atoms with Gasteiger partial charge in [0.2, 0.25) is 5.91 Å². The molecule has 4 amide bonds. The van der Waals surface area contributed by atoms with Crippen molar-refractivity contribution in [1.82, 2.24) is 24.6 Å². The van der Waals surface area contributed by atoms with Crippen molar-refractivity contribution in [3.8, 4) is 0 Å². The van der Waals surface area contributed by atoms with Crippen molar-refractivity contribution < 1.29 is 28.8 Å². The molecule has 6 rings (SSSR count). The molecular weight excluding hydrogens is 502 g/mol. The first kappa shape index (κ1) is 25.3. The Kier molecular flexibility index (Phi) is 5.85. The van der Waals surface area contributed by atoms with Crippen molar-refractivity contribution >= 4 is 29.6 Å². The van der Waals surface area contributed by atoms with Gasteiger partial charge in [0.25, 0.3) is 17.7 Å². The number of rotatable bonds is 6. The molecule has 3 aliphatic heterocycles. The minimum Gasteiger partial charge on any atom is -0.341 e. The maximum Gasteiger partial charge on any atom is 0.338 e. The van der Waals surface area contributed by atoms with E-state index in [1.807, 2.05) is 30.3 Å². The van der Waals surface area contributed by atoms with Gasteiger partial charge in [0.1, 0.15) is 0 Å². The number of likely N-dealkylation sites (tertiary alicyclic amines) is 2. The first-order chi connectivity index (χ1) is 18.6. The third-order valence-electron chi connectivity index (χ3n) is 8.61. The van der Waals surface area contributed by atoms with E-state index in [1.165, 1.54) is 6.20 Å². The lowest BCUT2D eigenvalue weighted by Gasteiger charge is -2.50. The summed E-state index contributed by atoms with van der Waals surface area (Å²) in [5, 5.41) is 4.88. The molecule has 4 fully saturated rings. The predicted octanol–water partition coefficient (Wildman–Crippen LogP) is 1.49. The van der Waals surface area contributed by atoms with Crippen LogP contribution in [0, 0.1) is 22.7 Å². The summed E-state index contributed by atoms with van der Waals surface area (Å²) in [4.78, 5) is 72.5. The van der Waals surface area contributed by atoms with Crippen LogP contribution in [0.25, 0.3) is 0 Å². The predicted molar refractivity (Wildman–Crippen MR) is 135 cm³/mol. The normalized spacial score (nSPS) is 24.7. The molecule has 1 spiro atoms. The van der Waals surface area contributed by atoms with E-state index in [-0.39, 0.29) is 49.1 Å². The maximum absolute atomic E-state index is 13.5. The second kappa shape index (κ2) is 9.03. The van der Waals surface area contributed by atoms with E-state index in [0.29, 0.717) is 30.3 Å². The third-order valence-corrected chi connectivity index (χ3v) is 8.61. The van der Waals surface area contributed by atoms with Crippen molar-refractivity contribution in [3.63, 3.8) is 0 Å². The van der Waals surface area contributed by atoms with Crippen molar-refractivity contribution in [1.29, 1.82) is 0 Å². The van der Waals surface area contributed by atoms with Crippen LogP contribution >= 0.6 is 0 Å².